The summed E-state index contributed by atoms with van der Waals surface area (Å²) in [6, 6.07) is 5.37. The van der Waals surface area contributed by atoms with Gasteiger partial charge < -0.3 is 14.8 Å². The Kier molecular flexibility index (Phi) is 3.73. The van der Waals surface area contributed by atoms with Crippen molar-refractivity contribution in [2.24, 2.45) is 0 Å². The molecular weight excluding hydrogens is 346 g/mol. The number of rotatable bonds is 2. The molecule has 2 aliphatic heterocycles. The second kappa shape index (κ2) is 5.93. The van der Waals surface area contributed by atoms with Crippen LogP contribution in [0.15, 0.2) is 23.8 Å². The van der Waals surface area contributed by atoms with Gasteiger partial charge in [-0.25, -0.2) is 4.79 Å². The minimum atomic E-state index is -0.532. The monoisotopic (exact) mass is 359 g/mol. The molecule has 1 aromatic carbocycles. The number of fused-ring (bicyclic) bond motifs is 2. The molecule has 0 bridgehead atoms. The van der Waals surface area contributed by atoms with Crippen molar-refractivity contribution in [1.29, 1.82) is 0 Å². The lowest BCUT2D eigenvalue weighted by atomic mass is 9.84. The predicted octanol–water partition coefficient (Wildman–Crippen LogP) is 2.75. The van der Waals surface area contributed by atoms with Gasteiger partial charge >= 0.3 is 5.97 Å². The number of halogens is 1. The summed E-state index contributed by atoms with van der Waals surface area (Å²) < 4.78 is 10.6. The third-order valence-corrected chi connectivity index (χ3v) is 4.58. The number of aromatic amines is 1. The molecule has 2 aliphatic rings. The van der Waals surface area contributed by atoms with Crippen molar-refractivity contribution >= 4 is 35.4 Å². The first kappa shape index (κ1) is 15.7. The van der Waals surface area contributed by atoms with Crippen LogP contribution in [0.1, 0.15) is 34.0 Å². The quantitative estimate of drug-likeness (QED) is 0.804. The van der Waals surface area contributed by atoms with Crippen molar-refractivity contribution in [1.82, 2.24) is 10.2 Å². The highest BCUT2D eigenvalue weighted by Gasteiger charge is 2.36. The lowest BCUT2D eigenvalue weighted by Crippen LogP contribution is -2.27. The number of methoxy groups -OCH3 is 1. The largest absolute Gasteiger partial charge is 0.489 e. The summed E-state index contributed by atoms with van der Waals surface area (Å²) in [6.07, 6.45) is 2.15. The molecule has 7 nitrogen and oxygen atoms in total. The van der Waals surface area contributed by atoms with Crippen molar-refractivity contribution in [3.8, 4) is 5.75 Å². The number of hydrogen-bond acceptors (Lipinski definition) is 5. The lowest BCUT2D eigenvalue weighted by molar-refractivity contribution is -0.116. The SMILES string of the molecule is COC(=O)c1[nH]nc2c1[C@H](C1=Cc3cc(Cl)ccc3OC1)CC(=O)N2. The van der Waals surface area contributed by atoms with Crippen molar-refractivity contribution in [3.63, 3.8) is 0 Å². The number of amides is 1. The molecule has 2 N–H and O–H groups in total. The minimum Gasteiger partial charge on any atom is -0.489 e. The van der Waals surface area contributed by atoms with Crippen molar-refractivity contribution in [2.45, 2.75) is 12.3 Å². The van der Waals surface area contributed by atoms with Crippen molar-refractivity contribution in [3.05, 3.63) is 45.6 Å². The van der Waals surface area contributed by atoms with E-state index in [0.29, 0.717) is 23.0 Å². The zero-order chi connectivity index (χ0) is 17.6. The zero-order valence-corrected chi connectivity index (χ0v) is 14.0. The highest BCUT2D eigenvalue weighted by atomic mass is 35.5. The Morgan fingerprint density at radius 1 is 1.44 bits per heavy atom. The fourth-order valence-electron chi connectivity index (χ4n) is 3.20. The van der Waals surface area contributed by atoms with Crippen LogP contribution in [0.5, 0.6) is 5.75 Å². The summed E-state index contributed by atoms with van der Waals surface area (Å²) >= 11 is 6.06. The first-order valence-corrected chi connectivity index (χ1v) is 8.04. The maximum absolute atomic E-state index is 12.1. The topological polar surface area (TPSA) is 93.3 Å². The summed E-state index contributed by atoms with van der Waals surface area (Å²) in [7, 11) is 1.30. The average molecular weight is 360 g/mol. The predicted molar refractivity (Wildman–Crippen MR) is 90.8 cm³/mol. The van der Waals surface area contributed by atoms with Crippen LogP contribution in [0.25, 0.3) is 6.08 Å². The van der Waals surface area contributed by atoms with E-state index < -0.39 is 5.97 Å². The molecule has 0 saturated carbocycles. The number of esters is 1. The second-order valence-corrected chi connectivity index (χ2v) is 6.28. The van der Waals surface area contributed by atoms with E-state index in [2.05, 4.69) is 15.5 Å². The minimum absolute atomic E-state index is 0.168. The van der Waals surface area contributed by atoms with Gasteiger partial charge in [0.1, 0.15) is 18.1 Å². The van der Waals surface area contributed by atoms with Crippen LogP contribution in [-0.2, 0) is 9.53 Å². The standard InChI is InChI=1S/C17H14ClN3O4/c1-24-17(23)15-14-11(6-13(22)19-16(14)21-20-15)9-4-8-5-10(18)2-3-12(8)25-7-9/h2-5,11H,6-7H2,1H3,(H2,19,20,21,22)/t11-/m0/s1. The summed E-state index contributed by atoms with van der Waals surface area (Å²) in [5.41, 5.74) is 2.56. The van der Waals surface area contributed by atoms with E-state index in [1.807, 2.05) is 12.1 Å². The fraction of sp³-hybridized carbons (Fsp3) is 0.235. The number of anilines is 1. The van der Waals surface area contributed by atoms with Gasteiger partial charge in [-0.05, 0) is 29.8 Å². The van der Waals surface area contributed by atoms with Gasteiger partial charge in [-0.3, -0.25) is 9.89 Å². The molecule has 3 heterocycles. The zero-order valence-electron chi connectivity index (χ0n) is 13.3. The molecule has 1 atom stereocenters. The van der Waals surface area contributed by atoms with E-state index in [4.69, 9.17) is 21.1 Å². The van der Waals surface area contributed by atoms with Crippen molar-refractivity contribution < 1.29 is 19.1 Å². The van der Waals surface area contributed by atoms with E-state index in [9.17, 15) is 9.59 Å². The number of carbonyl (C=O) groups is 2. The normalized spacial score (nSPS) is 18.4. The van der Waals surface area contributed by atoms with Crippen LogP contribution >= 0.6 is 11.6 Å². The first-order chi connectivity index (χ1) is 12.1. The maximum atomic E-state index is 12.1. The molecule has 0 aliphatic carbocycles. The Bertz CT molecular complexity index is 919. The Morgan fingerprint density at radius 3 is 3.08 bits per heavy atom. The van der Waals surface area contributed by atoms with Gasteiger partial charge in [-0.15, -0.1) is 0 Å². The Balaban J connectivity index is 1.81. The van der Waals surface area contributed by atoms with E-state index in [-0.39, 0.29) is 23.9 Å². The maximum Gasteiger partial charge on any atom is 0.356 e. The van der Waals surface area contributed by atoms with Crippen molar-refractivity contribution in [2.75, 3.05) is 19.0 Å². The average Bonchev–Trinajstić information content (AvgIpc) is 3.03. The highest BCUT2D eigenvalue weighted by Crippen LogP contribution is 2.41. The molecule has 2 aromatic rings. The van der Waals surface area contributed by atoms with E-state index in [1.165, 1.54) is 7.11 Å². The number of carbonyl (C=O) groups excluding carboxylic acids is 2. The van der Waals surface area contributed by atoms with Crippen LogP contribution in [0.4, 0.5) is 5.82 Å². The molecular formula is C17H14ClN3O4. The number of aromatic nitrogens is 2. The van der Waals surface area contributed by atoms with E-state index in [1.54, 1.807) is 12.1 Å². The van der Waals surface area contributed by atoms with Gasteiger partial charge in [0.15, 0.2) is 5.82 Å². The molecule has 25 heavy (non-hydrogen) atoms. The van der Waals surface area contributed by atoms with Gasteiger partial charge in [0, 0.05) is 28.5 Å². The lowest BCUT2D eigenvalue weighted by Gasteiger charge is -2.28. The smallest absolute Gasteiger partial charge is 0.356 e. The second-order valence-electron chi connectivity index (χ2n) is 5.85. The molecule has 128 valence electrons. The van der Waals surface area contributed by atoms with Gasteiger partial charge in [0.05, 0.1) is 7.11 Å². The molecule has 1 amide bonds. The van der Waals surface area contributed by atoms with Gasteiger partial charge in [-0.2, -0.15) is 5.10 Å². The van der Waals surface area contributed by atoms with Crippen LogP contribution < -0.4 is 10.1 Å². The molecule has 4 rings (SSSR count). The Hall–Kier alpha value is -2.80. The molecule has 8 heteroatoms. The summed E-state index contributed by atoms with van der Waals surface area (Å²) in [5, 5.41) is 9.97. The van der Waals surface area contributed by atoms with Crippen LogP contribution in [0.2, 0.25) is 5.02 Å². The highest BCUT2D eigenvalue weighted by molar-refractivity contribution is 6.30. The molecule has 1 aromatic heterocycles. The number of H-pyrrole nitrogens is 1. The van der Waals surface area contributed by atoms with Crippen LogP contribution in [0, 0.1) is 0 Å². The molecule has 0 radical (unpaired) electrons. The van der Waals surface area contributed by atoms with E-state index in [0.717, 1.165) is 16.9 Å². The number of nitrogens with zero attached hydrogens (tertiary/aromatic N) is 1. The third-order valence-electron chi connectivity index (χ3n) is 4.34. The third kappa shape index (κ3) is 2.66. The van der Waals surface area contributed by atoms with E-state index >= 15 is 0 Å². The number of benzene rings is 1. The van der Waals surface area contributed by atoms with Gasteiger partial charge in [0.2, 0.25) is 5.91 Å². The van der Waals surface area contributed by atoms with Crippen LogP contribution in [-0.4, -0.2) is 35.8 Å². The molecule has 0 fully saturated rings. The summed E-state index contributed by atoms with van der Waals surface area (Å²) in [6.45, 7) is 0.317. The van der Waals surface area contributed by atoms with Crippen LogP contribution in [0.3, 0.4) is 0 Å². The fourth-order valence-corrected chi connectivity index (χ4v) is 3.38. The molecule has 0 spiro atoms. The van der Waals surface area contributed by atoms with Gasteiger partial charge in [-0.1, -0.05) is 11.6 Å². The number of nitrogens with one attached hydrogen (secondary N) is 2. The molecule has 0 unspecified atom stereocenters. The summed E-state index contributed by atoms with van der Waals surface area (Å²) in [5.74, 6) is 0.0473. The molecule has 0 saturated heterocycles. The Morgan fingerprint density at radius 2 is 2.28 bits per heavy atom. The Labute approximate surface area is 148 Å². The summed E-state index contributed by atoms with van der Waals surface area (Å²) in [4.78, 5) is 24.1. The first-order valence-electron chi connectivity index (χ1n) is 7.66. The number of hydrogen-bond donors (Lipinski definition) is 2. The van der Waals surface area contributed by atoms with Gasteiger partial charge in [0.25, 0.3) is 0 Å². The number of ether oxygens (including phenoxy) is 2.